The monoisotopic (exact) mass is 400 g/mol. The Morgan fingerprint density at radius 2 is 0.667 bits per heavy atom. The first-order chi connectivity index (χ1) is 13.1. The second-order valence-electron chi connectivity index (χ2n) is 8.75. The van der Waals surface area contributed by atoms with Gasteiger partial charge in [-0.05, 0) is 25.9 Å². The highest BCUT2D eigenvalue weighted by Gasteiger charge is 2.23. The third kappa shape index (κ3) is 22.3. The van der Waals surface area contributed by atoms with Crippen LogP contribution in [0.25, 0.3) is 0 Å². The summed E-state index contributed by atoms with van der Waals surface area (Å²) in [5.74, 6) is 0. The predicted octanol–water partition coefficient (Wildman–Crippen LogP) is 8.78. The van der Waals surface area contributed by atoms with Crippen molar-refractivity contribution >= 4 is 8.56 Å². The van der Waals surface area contributed by atoms with Crippen molar-refractivity contribution in [2.75, 3.05) is 13.2 Å². The maximum atomic E-state index is 6.09. The zero-order valence-corrected chi connectivity index (χ0v) is 20.5. The van der Waals surface area contributed by atoms with Crippen LogP contribution in [0.1, 0.15) is 129 Å². The minimum atomic E-state index is -1.88. The summed E-state index contributed by atoms with van der Waals surface area (Å²) in [6.45, 7) is 10.8. The topological polar surface area (TPSA) is 18.5 Å². The van der Waals surface area contributed by atoms with Crippen LogP contribution in [0.5, 0.6) is 0 Å². The van der Waals surface area contributed by atoms with Crippen molar-refractivity contribution in [3.05, 3.63) is 0 Å². The molecule has 0 heterocycles. The quantitative estimate of drug-likeness (QED) is 0.133. The van der Waals surface area contributed by atoms with E-state index in [-0.39, 0.29) is 0 Å². The molecule has 0 spiro atoms. The molecule has 0 aromatic rings. The fraction of sp³-hybridized carbons (Fsp3) is 1.00. The van der Waals surface area contributed by atoms with Gasteiger partial charge in [-0.15, -0.1) is 0 Å². The van der Waals surface area contributed by atoms with E-state index in [0.29, 0.717) is 0 Å². The molecule has 0 rings (SSSR count). The maximum absolute atomic E-state index is 6.09. The summed E-state index contributed by atoms with van der Waals surface area (Å²) in [7, 11) is -1.88. The van der Waals surface area contributed by atoms with Gasteiger partial charge in [0.1, 0.15) is 0 Å². The summed E-state index contributed by atoms with van der Waals surface area (Å²) in [6.07, 6.45) is 24.7. The van der Waals surface area contributed by atoms with Crippen LogP contribution in [-0.4, -0.2) is 21.8 Å². The molecule has 0 saturated heterocycles. The van der Waals surface area contributed by atoms with Gasteiger partial charge in [0, 0.05) is 13.2 Å². The van der Waals surface area contributed by atoms with Gasteiger partial charge >= 0.3 is 8.56 Å². The number of unbranched alkanes of at least 4 members (excludes halogenated alkanes) is 16. The van der Waals surface area contributed by atoms with Gasteiger partial charge in [-0.1, -0.05) is 117 Å². The lowest BCUT2D eigenvalue weighted by Crippen LogP contribution is -2.35. The maximum Gasteiger partial charge on any atom is 0.331 e. The molecule has 164 valence electrons. The van der Waals surface area contributed by atoms with E-state index in [1.807, 2.05) is 0 Å². The zero-order chi connectivity index (χ0) is 20.1. The first-order valence-corrected chi connectivity index (χ1v) is 15.2. The second kappa shape index (κ2) is 20.9. The van der Waals surface area contributed by atoms with Crippen molar-refractivity contribution in [1.82, 2.24) is 0 Å². The second-order valence-corrected chi connectivity index (χ2v) is 12.1. The Hall–Kier alpha value is 0.137. The van der Waals surface area contributed by atoms with Crippen molar-refractivity contribution < 1.29 is 8.85 Å². The number of rotatable bonds is 22. The van der Waals surface area contributed by atoms with Gasteiger partial charge < -0.3 is 8.85 Å². The number of hydrogen-bond acceptors (Lipinski definition) is 2. The molecule has 0 aromatic heterocycles. The van der Waals surface area contributed by atoms with Gasteiger partial charge in [-0.25, -0.2) is 0 Å². The Balaban J connectivity index is 3.30. The van der Waals surface area contributed by atoms with Gasteiger partial charge in [-0.3, -0.25) is 0 Å². The minimum absolute atomic E-state index is 0.894. The molecule has 2 nitrogen and oxygen atoms in total. The molecular formula is C24H52O2Si. The smallest absolute Gasteiger partial charge is 0.331 e. The average Bonchev–Trinajstić information content (AvgIpc) is 2.64. The zero-order valence-electron chi connectivity index (χ0n) is 19.5. The SMILES string of the molecule is CCCCCCCCCCCCCO[Si](C)(C)OCCCCCCCCC. The van der Waals surface area contributed by atoms with E-state index in [1.165, 1.54) is 116 Å². The lowest BCUT2D eigenvalue weighted by Gasteiger charge is -2.23. The molecule has 0 amide bonds. The van der Waals surface area contributed by atoms with E-state index in [2.05, 4.69) is 26.9 Å². The van der Waals surface area contributed by atoms with Crippen molar-refractivity contribution in [3.8, 4) is 0 Å². The van der Waals surface area contributed by atoms with Gasteiger partial charge in [0.2, 0.25) is 0 Å². The fourth-order valence-electron chi connectivity index (χ4n) is 3.50. The Kier molecular flexibility index (Phi) is 21.0. The molecule has 0 aromatic carbocycles. The fourth-order valence-corrected chi connectivity index (χ4v) is 4.86. The molecule has 0 N–H and O–H groups in total. The van der Waals surface area contributed by atoms with Crippen LogP contribution < -0.4 is 0 Å². The minimum Gasteiger partial charge on any atom is -0.395 e. The van der Waals surface area contributed by atoms with E-state index < -0.39 is 8.56 Å². The summed E-state index contributed by atoms with van der Waals surface area (Å²) in [4.78, 5) is 0. The van der Waals surface area contributed by atoms with Gasteiger partial charge in [0.15, 0.2) is 0 Å². The number of hydrogen-bond donors (Lipinski definition) is 0. The van der Waals surface area contributed by atoms with Crippen molar-refractivity contribution in [2.45, 2.75) is 143 Å². The highest BCUT2D eigenvalue weighted by molar-refractivity contribution is 6.64. The first kappa shape index (κ1) is 27.1. The van der Waals surface area contributed by atoms with Gasteiger partial charge in [0.25, 0.3) is 0 Å². The molecule has 0 aliphatic rings. The summed E-state index contributed by atoms with van der Waals surface area (Å²) in [5.41, 5.74) is 0. The van der Waals surface area contributed by atoms with E-state index in [1.54, 1.807) is 0 Å². The molecule has 27 heavy (non-hydrogen) atoms. The van der Waals surface area contributed by atoms with Crippen LogP contribution in [0.15, 0.2) is 0 Å². The molecule has 0 bridgehead atoms. The van der Waals surface area contributed by atoms with Crippen LogP contribution in [0.3, 0.4) is 0 Å². The van der Waals surface area contributed by atoms with E-state index in [0.717, 1.165) is 13.2 Å². The lowest BCUT2D eigenvalue weighted by atomic mass is 10.1. The molecule has 0 aliphatic carbocycles. The van der Waals surface area contributed by atoms with Crippen LogP contribution in [0.4, 0.5) is 0 Å². The van der Waals surface area contributed by atoms with Crippen molar-refractivity contribution in [1.29, 1.82) is 0 Å². The van der Waals surface area contributed by atoms with Gasteiger partial charge in [-0.2, -0.15) is 0 Å². The molecular weight excluding hydrogens is 348 g/mol. The average molecular weight is 401 g/mol. The summed E-state index contributed by atoms with van der Waals surface area (Å²) < 4.78 is 12.2. The highest BCUT2D eigenvalue weighted by Crippen LogP contribution is 2.13. The summed E-state index contributed by atoms with van der Waals surface area (Å²) in [6, 6.07) is 0. The first-order valence-electron chi connectivity index (χ1n) is 12.4. The third-order valence-electron chi connectivity index (χ3n) is 5.40. The van der Waals surface area contributed by atoms with Crippen LogP contribution in [0.2, 0.25) is 13.1 Å². The highest BCUT2D eigenvalue weighted by atomic mass is 28.4. The van der Waals surface area contributed by atoms with Crippen molar-refractivity contribution in [2.24, 2.45) is 0 Å². The molecule has 0 unspecified atom stereocenters. The summed E-state index contributed by atoms with van der Waals surface area (Å²) in [5, 5.41) is 0. The van der Waals surface area contributed by atoms with Crippen molar-refractivity contribution in [3.63, 3.8) is 0 Å². The molecule has 3 heteroatoms. The van der Waals surface area contributed by atoms with Gasteiger partial charge in [0.05, 0.1) is 0 Å². The van der Waals surface area contributed by atoms with Crippen LogP contribution >= 0.6 is 0 Å². The standard InChI is InChI=1S/C24H52O2Si/c1-5-7-9-11-13-14-15-16-18-20-22-24-26-27(3,4)25-23-21-19-17-12-10-8-6-2/h5-24H2,1-4H3. The van der Waals surface area contributed by atoms with E-state index in [4.69, 9.17) is 8.85 Å². The Morgan fingerprint density at radius 3 is 0.963 bits per heavy atom. The Labute approximate surface area is 173 Å². The molecule has 0 atom stereocenters. The molecule has 0 saturated carbocycles. The Morgan fingerprint density at radius 1 is 0.407 bits per heavy atom. The normalized spacial score (nSPS) is 12.0. The molecule has 0 radical (unpaired) electrons. The van der Waals surface area contributed by atoms with E-state index >= 15 is 0 Å². The summed E-state index contributed by atoms with van der Waals surface area (Å²) >= 11 is 0. The largest absolute Gasteiger partial charge is 0.395 e. The molecule has 0 aliphatic heterocycles. The lowest BCUT2D eigenvalue weighted by molar-refractivity contribution is 0.172. The van der Waals surface area contributed by atoms with E-state index in [9.17, 15) is 0 Å². The third-order valence-corrected chi connectivity index (χ3v) is 7.19. The van der Waals surface area contributed by atoms with Crippen LogP contribution in [0, 0.1) is 0 Å². The van der Waals surface area contributed by atoms with Crippen LogP contribution in [-0.2, 0) is 8.85 Å². The predicted molar refractivity (Wildman–Crippen MR) is 124 cm³/mol. The molecule has 0 fully saturated rings. The Bertz CT molecular complexity index is 282.